The lowest BCUT2D eigenvalue weighted by molar-refractivity contribution is 0.317. The van der Waals surface area contributed by atoms with Crippen LogP contribution in [-0.4, -0.2) is 26.0 Å². The summed E-state index contributed by atoms with van der Waals surface area (Å²) < 4.78 is 23.6. The summed E-state index contributed by atoms with van der Waals surface area (Å²) in [5.74, 6) is 1.07. The molecule has 0 aromatic carbocycles. The van der Waals surface area contributed by atoms with Gasteiger partial charge in [-0.05, 0) is 24.7 Å². The summed E-state index contributed by atoms with van der Waals surface area (Å²) in [6.45, 7) is 3.87. The van der Waals surface area contributed by atoms with Gasteiger partial charge in [0.2, 0.25) is 0 Å². The van der Waals surface area contributed by atoms with Gasteiger partial charge in [0, 0.05) is 6.04 Å². The van der Waals surface area contributed by atoms with Crippen LogP contribution in [0.1, 0.15) is 46.0 Å². The summed E-state index contributed by atoms with van der Waals surface area (Å²) in [4.78, 5) is 0. The van der Waals surface area contributed by atoms with Crippen molar-refractivity contribution in [1.82, 2.24) is 0 Å². The maximum absolute atomic E-state index is 11.8. The first kappa shape index (κ1) is 14.0. The third-order valence-corrected chi connectivity index (χ3v) is 5.36. The molecule has 96 valence electrons. The van der Waals surface area contributed by atoms with Gasteiger partial charge < -0.3 is 5.73 Å². The van der Waals surface area contributed by atoms with Gasteiger partial charge >= 0.3 is 0 Å². The normalized spacial score (nSPS) is 21.2. The van der Waals surface area contributed by atoms with Gasteiger partial charge in [0.25, 0.3) is 0 Å². The number of hydrogen-bond donors (Lipinski definition) is 1. The molecule has 1 saturated carbocycles. The van der Waals surface area contributed by atoms with Gasteiger partial charge in [-0.3, -0.25) is 0 Å². The molecule has 0 aromatic rings. The number of hydrogen-bond acceptors (Lipinski definition) is 3. The van der Waals surface area contributed by atoms with Crippen LogP contribution in [0.4, 0.5) is 0 Å². The smallest absolute Gasteiger partial charge is 0.152 e. The maximum Gasteiger partial charge on any atom is 0.152 e. The lowest BCUT2D eigenvalue weighted by Crippen LogP contribution is -2.39. The first-order valence-electron chi connectivity index (χ1n) is 6.37. The van der Waals surface area contributed by atoms with Crippen molar-refractivity contribution in [3.05, 3.63) is 0 Å². The first-order chi connectivity index (χ1) is 7.41. The highest BCUT2D eigenvalue weighted by atomic mass is 32.2. The molecule has 1 aliphatic rings. The van der Waals surface area contributed by atoms with Gasteiger partial charge in [-0.25, -0.2) is 8.42 Å². The van der Waals surface area contributed by atoms with Crippen molar-refractivity contribution in [3.8, 4) is 0 Å². The minimum atomic E-state index is -2.95. The molecule has 0 heterocycles. The van der Waals surface area contributed by atoms with E-state index in [9.17, 15) is 8.42 Å². The molecular weight excluding hydrogens is 222 g/mol. The van der Waals surface area contributed by atoms with Crippen LogP contribution in [0.5, 0.6) is 0 Å². The van der Waals surface area contributed by atoms with Crippen LogP contribution in [0.2, 0.25) is 0 Å². The van der Waals surface area contributed by atoms with E-state index in [1.54, 1.807) is 0 Å². The Kier molecular flexibility index (Phi) is 5.25. The fraction of sp³-hybridized carbons (Fsp3) is 1.00. The van der Waals surface area contributed by atoms with Crippen LogP contribution in [0.15, 0.2) is 0 Å². The Morgan fingerprint density at radius 2 is 1.69 bits per heavy atom. The zero-order valence-corrected chi connectivity index (χ0v) is 11.3. The standard InChI is InChI=1S/C12H25NO2S/c1-10(2)8-16(14,15)9-12(13)11-6-4-3-5-7-11/h10-12H,3-9,13H2,1-2H3. The van der Waals surface area contributed by atoms with Gasteiger partial charge in [-0.1, -0.05) is 33.1 Å². The van der Waals surface area contributed by atoms with E-state index in [1.165, 1.54) is 19.3 Å². The third-order valence-electron chi connectivity index (χ3n) is 3.29. The molecule has 16 heavy (non-hydrogen) atoms. The molecule has 3 nitrogen and oxygen atoms in total. The molecule has 0 bridgehead atoms. The Morgan fingerprint density at radius 3 is 2.19 bits per heavy atom. The average Bonchev–Trinajstić information content (AvgIpc) is 2.16. The van der Waals surface area contributed by atoms with Crippen LogP contribution in [-0.2, 0) is 9.84 Å². The van der Waals surface area contributed by atoms with E-state index in [1.807, 2.05) is 13.8 Å². The Bertz CT molecular complexity index is 292. The zero-order valence-electron chi connectivity index (χ0n) is 10.5. The largest absolute Gasteiger partial charge is 0.327 e. The Labute approximate surface area is 99.7 Å². The van der Waals surface area contributed by atoms with Crippen molar-refractivity contribution in [2.24, 2.45) is 17.6 Å². The highest BCUT2D eigenvalue weighted by molar-refractivity contribution is 7.91. The van der Waals surface area contributed by atoms with E-state index in [4.69, 9.17) is 5.73 Å². The topological polar surface area (TPSA) is 60.2 Å². The van der Waals surface area contributed by atoms with Crippen molar-refractivity contribution in [3.63, 3.8) is 0 Å². The summed E-state index contributed by atoms with van der Waals surface area (Å²) in [6, 6.07) is -0.149. The fourth-order valence-corrected chi connectivity index (χ4v) is 4.58. The second-order valence-electron chi connectivity index (χ2n) is 5.53. The predicted octanol–water partition coefficient (Wildman–Crippen LogP) is 1.96. The summed E-state index contributed by atoms with van der Waals surface area (Å²) >= 11 is 0. The van der Waals surface area contributed by atoms with E-state index < -0.39 is 9.84 Å². The summed E-state index contributed by atoms with van der Waals surface area (Å²) in [5, 5.41) is 0. The molecule has 1 aliphatic carbocycles. The summed E-state index contributed by atoms with van der Waals surface area (Å²) in [7, 11) is -2.95. The molecule has 4 heteroatoms. The van der Waals surface area contributed by atoms with Gasteiger partial charge in [-0.15, -0.1) is 0 Å². The molecule has 0 saturated heterocycles. The third kappa shape index (κ3) is 4.83. The van der Waals surface area contributed by atoms with Crippen LogP contribution < -0.4 is 5.73 Å². The molecule has 0 amide bonds. The number of nitrogens with two attached hydrogens (primary N) is 1. The highest BCUT2D eigenvalue weighted by Gasteiger charge is 2.25. The summed E-state index contributed by atoms with van der Waals surface area (Å²) in [6.07, 6.45) is 5.92. The van der Waals surface area contributed by atoms with Crippen LogP contribution in [0.3, 0.4) is 0 Å². The van der Waals surface area contributed by atoms with Crippen molar-refractivity contribution in [2.75, 3.05) is 11.5 Å². The van der Waals surface area contributed by atoms with Crippen LogP contribution >= 0.6 is 0 Å². The molecule has 1 atom stereocenters. The quantitative estimate of drug-likeness (QED) is 0.808. The molecular formula is C12H25NO2S. The van der Waals surface area contributed by atoms with Crippen molar-refractivity contribution in [2.45, 2.75) is 52.0 Å². The monoisotopic (exact) mass is 247 g/mol. The Hall–Kier alpha value is -0.0900. The molecule has 0 aliphatic heterocycles. The zero-order chi connectivity index (χ0) is 12.2. The van der Waals surface area contributed by atoms with E-state index in [0.717, 1.165) is 12.8 Å². The van der Waals surface area contributed by atoms with Gasteiger partial charge in [-0.2, -0.15) is 0 Å². The van der Waals surface area contributed by atoms with Gasteiger partial charge in [0.15, 0.2) is 9.84 Å². The van der Waals surface area contributed by atoms with Crippen molar-refractivity contribution < 1.29 is 8.42 Å². The molecule has 0 aromatic heterocycles. The van der Waals surface area contributed by atoms with Crippen LogP contribution in [0, 0.1) is 11.8 Å². The lowest BCUT2D eigenvalue weighted by atomic mass is 9.85. The first-order valence-corrected chi connectivity index (χ1v) is 8.19. The maximum atomic E-state index is 11.8. The Morgan fingerprint density at radius 1 is 1.12 bits per heavy atom. The molecule has 1 fully saturated rings. The minimum Gasteiger partial charge on any atom is -0.327 e. The van der Waals surface area contributed by atoms with E-state index in [2.05, 4.69) is 0 Å². The predicted molar refractivity (Wildman–Crippen MR) is 68.0 cm³/mol. The van der Waals surface area contributed by atoms with E-state index in [-0.39, 0.29) is 23.5 Å². The molecule has 1 unspecified atom stereocenters. The molecule has 0 spiro atoms. The van der Waals surface area contributed by atoms with Crippen molar-refractivity contribution >= 4 is 9.84 Å². The van der Waals surface area contributed by atoms with E-state index >= 15 is 0 Å². The average molecular weight is 247 g/mol. The summed E-state index contributed by atoms with van der Waals surface area (Å²) in [5.41, 5.74) is 6.03. The highest BCUT2D eigenvalue weighted by Crippen LogP contribution is 2.26. The van der Waals surface area contributed by atoms with Crippen LogP contribution in [0.25, 0.3) is 0 Å². The number of sulfone groups is 1. The second-order valence-corrected chi connectivity index (χ2v) is 7.69. The SMILES string of the molecule is CC(C)CS(=O)(=O)CC(N)C1CCCCC1. The lowest BCUT2D eigenvalue weighted by Gasteiger charge is -2.27. The number of rotatable bonds is 5. The van der Waals surface area contributed by atoms with Gasteiger partial charge in [0.05, 0.1) is 11.5 Å². The Balaban J connectivity index is 2.45. The molecule has 1 rings (SSSR count). The minimum absolute atomic E-state index is 0.149. The van der Waals surface area contributed by atoms with Gasteiger partial charge in [0.1, 0.15) is 0 Å². The van der Waals surface area contributed by atoms with E-state index in [0.29, 0.717) is 5.92 Å². The second kappa shape index (κ2) is 6.01. The fourth-order valence-electron chi connectivity index (χ4n) is 2.57. The molecule has 2 N–H and O–H groups in total. The molecule has 0 radical (unpaired) electrons. The van der Waals surface area contributed by atoms with Crippen molar-refractivity contribution in [1.29, 1.82) is 0 Å².